The van der Waals surface area contributed by atoms with Gasteiger partial charge in [0.25, 0.3) is 0 Å². The number of aromatic nitrogens is 1. The van der Waals surface area contributed by atoms with Crippen molar-refractivity contribution in [1.82, 2.24) is 10.3 Å². The van der Waals surface area contributed by atoms with Crippen LogP contribution in [-0.2, 0) is 4.74 Å². The number of carbonyl (C=O) groups is 1. The van der Waals surface area contributed by atoms with Crippen molar-refractivity contribution in [2.45, 2.75) is 19.3 Å². The van der Waals surface area contributed by atoms with Gasteiger partial charge in [-0.3, -0.25) is 0 Å². The number of ether oxygens (including phenoxy) is 1. The number of anilines is 1. The number of hydrogen-bond donors (Lipinski definition) is 2. The highest BCUT2D eigenvalue weighted by Gasteiger charge is 2.28. The summed E-state index contributed by atoms with van der Waals surface area (Å²) in [6, 6.07) is 24.9. The van der Waals surface area contributed by atoms with E-state index in [1.165, 1.54) is 33.6 Å². The second kappa shape index (κ2) is 10.2. The summed E-state index contributed by atoms with van der Waals surface area (Å²) in [7, 11) is 0. The van der Waals surface area contributed by atoms with E-state index in [4.69, 9.17) is 10.5 Å². The molecule has 0 radical (unpaired) electrons. The highest BCUT2D eigenvalue weighted by Crippen LogP contribution is 2.44. The van der Waals surface area contributed by atoms with Gasteiger partial charge in [-0.2, -0.15) is 0 Å². The maximum Gasteiger partial charge on any atom is 0.407 e. The zero-order chi connectivity index (χ0) is 24.2. The van der Waals surface area contributed by atoms with Crippen molar-refractivity contribution in [2.24, 2.45) is 0 Å². The molecule has 1 amide bonds. The molecule has 6 heteroatoms. The lowest BCUT2D eigenvalue weighted by Gasteiger charge is -2.14. The third kappa shape index (κ3) is 4.98. The minimum Gasteiger partial charge on any atom is -0.449 e. The first kappa shape index (κ1) is 22.9. The van der Waals surface area contributed by atoms with E-state index in [9.17, 15) is 4.79 Å². The highest BCUT2D eigenvalue weighted by molar-refractivity contribution is 7.15. The Balaban J connectivity index is 1.09. The maximum absolute atomic E-state index is 12.3. The zero-order valence-corrected chi connectivity index (χ0v) is 20.3. The Kier molecular flexibility index (Phi) is 6.64. The van der Waals surface area contributed by atoms with Crippen LogP contribution in [-0.4, -0.2) is 24.2 Å². The largest absolute Gasteiger partial charge is 0.449 e. The summed E-state index contributed by atoms with van der Waals surface area (Å²) >= 11 is 1.50. The van der Waals surface area contributed by atoms with Crippen molar-refractivity contribution >= 4 is 28.6 Å². The number of nitrogens with zero attached hydrogens (tertiary/aromatic N) is 1. The van der Waals surface area contributed by atoms with Crippen molar-refractivity contribution in [2.75, 3.05) is 18.9 Å². The molecule has 3 N–H and O–H groups in total. The smallest absolute Gasteiger partial charge is 0.407 e. The Morgan fingerprint density at radius 2 is 1.69 bits per heavy atom. The van der Waals surface area contributed by atoms with Gasteiger partial charge in [0.15, 0.2) is 5.13 Å². The van der Waals surface area contributed by atoms with Crippen LogP contribution in [0, 0.1) is 6.92 Å². The van der Waals surface area contributed by atoms with Gasteiger partial charge in [0.05, 0.1) is 5.69 Å². The lowest BCUT2D eigenvalue weighted by Crippen LogP contribution is -2.26. The van der Waals surface area contributed by atoms with Crippen LogP contribution in [0.2, 0.25) is 0 Å². The third-order valence-corrected chi connectivity index (χ3v) is 7.03. The van der Waals surface area contributed by atoms with E-state index in [2.05, 4.69) is 58.8 Å². The molecule has 1 aliphatic carbocycles. The molecular weight excluding hydrogens is 454 g/mol. The van der Waals surface area contributed by atoms with Crippen molar-refractivity contribution in [3.05, 3.63) is 100 Å². The molecule has 0 aliphatic heterocycles. The summed E-state index contributed by atoms with van der Waals surface area (Å²) in [5.74, 6) is 0.0699. The molecule has 1 aliphatic rings. The Morgan fingerprint density at radius 3 is 2.31 bits per heavy atom. The van der Waals surface area contributed by atoms with Gasteiger partial charge in [0, 0.05) is 22.9 Å². The lowest BCUT2D eigenvalue weighted by atomic mass is 9.98. The van der Waals surface area contributed by atoms with E-state index >= 15 is 0 Å². The number of nitrogens with one attached hydrogen (secondary N) is 1. The molecule has 1 aromatic heterocycles. The van der Waals surface area contributed by atoms with Crippen LogP contribution in [0.5, 0.6) is 0 Å². The standard InChI is InChI=1S/C29H27N3O2S/c1-19-27(32-28(30)35-19)21-15-13-20(14-16-21)8-6-7-17-31-29(33)34-18-26-24-11-4-2-9-22(24)23-10-3-5-12-25(23)26/h2-6,8-16,26H,7,17-18H2,1H3,(H2,30,32)(H,31,33). The van der Waals surface area contributed by atoms with Crippen LogP contribution in [0.25, 0.3) is 28.5 Å². The topological polar surface area (TPSA) is 77.2 Å². The SMILES string of the molecule is Cc1sc(N)nc1-c1ccc(C=CCCNC(=O)OCC2c3ccccc3-c3ccccc32)cc1. The predicted octanol–water partition coefficient (Wildman–Crippen LogP) is 6.64. The molecule has 1 heterocycles. The number of alkyl carbamates (subject to hydrolysis) is 1. The average Bonchev–Trinajstić information content (AvgIpc) is 3.39. The molecule has 3 aromatic carbocycles. The summed E-state index contributed by atoms with van der Waals surface area (Å²) in [6.45, 7) is 2.87. The molecule has 0 fully saturated rings. The Labute approximate surface area is 209 Å². The van der Waals surface area contributed by atoms with Gasteiger partial charge in [-0.15, -0.1) is 11.3 Å². The quantitative estimate of drug-likeness (QED) is 0.290. The number of fused-ring (bicyclic) bond motifs is 3. The highest BCUT2D eigenvalue weighted by atomic mass is 32.1. The molecular formula is C29H27N3O2S. The van der Waals surface area contributed by atoms with Gasteiger partial charge < -0.3 is 15.8 Å². The Bertz CT molecular complexity index is 1330. The van der Waals surface area contributed by atoms with Gasteiger partial charge in [0.2, 0.25) is 0 Å². The van der Waals surface area contributed by atoms with E-state index in [1.54, 1.807) is 0 Å². The first-order chi connectivity index (χ1) is 17.1. The average molecular weight is 482 g/mol. The van der Waals surface area contributed by atoms with Gasteiger partial charge in [-0.25, -0.2) is 9.78 Å². The number of rotatable bonds is 7. The second-order valence-corrected chi connectivity index (χ2v) is 9.76. The van der Waals surface area contributed by atoms with Crippen molar-refractivity contribution in [1.29, 1.82) is 0 Å². The molecule has 5 nitrogen and oxygen atoms in total. The van der Waals surface area contributed by atoms with Gasteiger partial charge in [-0.1, -0.05) is 84.9 Å². The number of nitrogens with two attached hydrogens (primary N) is 1. The molecule has 35 heavy (non-hydrogen) atoms. The fraction of sp³-hybridized carbons (Fsp3) is 0.172. The molecule has 0 atom stereocenters. The number of nitrogen functional groups attached to an aromatic ring is 1. The maximum atomic E-state index is 12.3. The molecule has 0 saturated heterocycles. The van der Waals surface area contributed by atoms with E-state index in [1.807, 2.05) is 43.3 Å². The van der Waals surface area contributed by atoms with Crippen molar-refractivity contribution in [3.63, 3.8) is 0 Å². The van der Waals surface area contributed by atoms with Crippen LogP contribution >= 0.6 is 11.3 Å². The monoisotopic (exact) mass is 481 g/mol. The summed E-state index contributed by atoms with van der Waals surface area (Å²) < 4.78 is 5.58. The fourth-order valence-electron chi connectivity index (χ4n) is 4.56. The van der Waals surface area contributed by atoms with Crippen molar-refractivity contribution < 1.29 is 9.53 Å². The number of benzene rings is 3. The van der Waals surface area contributed by atoms with Crippen LogP contribution < -0.4 is 11.1 Å². The number of hydrogen-bond acceptors (Lipinski definition) is 5. The number of amides is 1. The number of thiazole rings is 1. The van der Waals surface area contributed by atoms with Gasteiger partial charge >= 0.3 is 6.09 Å². The van der Waals surface area contributed by atoms with E-state index < -0.39 is 0 Å². The predicted molar refractivity (Wildman–Crippen MR) is 143 cm³/mol. The first-order valence-corrected chi connectivity index (χ1v) is 12.5. The molecule has 0 saturated carbocycles. The number of aryl methyl sites for hydroxylation is 1. The third-order valence-electron chi connectivity index (χ3n) is 6.23. The lowest BCUT2D eigenvalue weighted by molar-refractivity contribution is 0.143. The van der Waals surface area contributed by atoms with Gasteiger partial charge in [0.1, 0.15) is 6.61 Å². The summed E-state index contributed by atoms with van der Waals surface area (Å²) in [5, 5.41) is 3.44. The molecule has 4 aromatic rings. The van der Waals surface area contributed by atoms with Crippen LogP contribution in [0.3, 0.4) is 0 Å². The minimum atomic E-state index is -0.387. The Morgan fingerprint density at radius 1 is 1.03 bits per heavy atom. The zero-order valence-electron chi connectivity index (χ0n) is 19.5. The second-order valence-electron chi connectivity index (χ2n) is 8.52. The van der Waals surface area contributed by atoms with Crippen LogP contribution in [0.1, 0.15) is 33.9 Å². The molecule has 0 bridgehead atoms. The molecule has 176 valence electrons. The first-order valence-electron chi connectivity index (χ1n) is 11.7. The number of carbonyl (C=O) groups excluding carboxylic acids is 1. The fourth-order valence-corrected chi connectivity index (χ4v) is 5.27. The van der Waals surface area contributed by atoms with Gasteiger partial charge in [-0.05, 0) is 41.2 Å². The van der Waals surface area contributed by atoms with E-state index in [0.29, 0.717) is 24.7 Å². The van der Waals surface area contributed by atoms with E-state index in [-0.39, 0.29) is 12.0 Å². The van der Waals surface area contributed by atoms with E-state index in [0.717, 1.165) is 21.7 Å². The van der Waals surface area contributed by atoms with Crippen molar-refractivity contribution in [3.8, 4) is 22.4 Å². The summed E-state index contributed by atoms with van der Waals surface area (Å²) in [4.78, 5) is 17.8. The molecule has 0 unspecified atom stereocenters. The summed E-state index contributed by atoms with van der Waals surface area (Å²) in [6.07, 6.45) is 4.42. The van der Waals surface area contributed by atoms with Crippen LogP contribution in [0.15, 0.2) is 78.9 Å². The summed E-state index contributed by atoms with van der Waals surface area (Å²) in [5.41, 5.74) is 13.8. The normalized spacial score (nSPS) is 12.5. The van der Waals surface area contributed by atoms with Crippen LogP contribution in [0.4, 0.5) is 9.93 Å². The molecule has 0 spiro atoms. The minimum absolute atomic E-state index is 0.0699. The molecule has 5 rings (SSSR count). The Hall–Kier alpha value is -3.90.